The predicted molar refractivity (Wildman–Crippen MR) is 105 cm³/mol. The molecule has 0 fully saturated rings. The van der Waals surface area contributed by atoms with Crippen LogP contribution in [0.25, 0.3) is 0 Å². The number of hydrogen-bond acceptors (Lipinski definition) is 4. The molecule has 2 atom stereocenters. The van der Waals surface area contributed by atoms with E-state index in [0.29, 0.717) is 23.5 Å². The molecular formula is C21H20FN5O2. The van der Waals surface area contributed by atoms with E-state index >= 15 is 0 Å². The number of benzene rings is 2. The number of aromatic nitrogens is 3. The Morgan fingerprint density at radius 1 is 1.21 bits per heavy atom. The van der Waals surface area contributed by atoms with Gasteiger partial charge in [0.05, 0.1) is 0 Å². The highest BCUT2D eigenvalue weighted by Gasteiger charge is 2.34. The minimum atomic E-state index is -1.37. The lowest BCUT2D eigenvalue weighted by Crippen LogP contribution is -2.47. The van der Waals surface area contributed by atoms with Gasteiger partial charge in [-0.3, -0.25) is 14.7 Å². The zero-order chi connectivity index (χ0) is 20.4. The number of hydrogen-bond donors (Lipinski definition) is 2. The Kier molecular flexibility index (Phi) is 5.07. The fourth-order valence-corrected chi connectivity index (χ4v) is 3.45. The number of H-pyrrole nitrogens is 1. The number of likely N-dealkylation sites (N-methyl/N-ethyl adjacent to an activating group) is 1. The molecule has 0 saturated heterocycles. The van der Waals surface area contributed by atoms with Gasteiger partial charge in [0, 0.05) is 31.1 Å². The van der Waals surface area contributed by atoms with Crippen molar-refractivity contribution in [2.45, 2.75) is 25.1 Å². The highest BCUT2D eigenvalue weighted by atomic mass is 19.1. The Balaban J connectivity index is 1.48. The summed E-state index contributed by atoms with van der Waals surface area (Å²) in [7, 11) is 1.57. The Labute approximate surface area is 167 Å². The minimum absolute atomic E-state index is 0.0800. The van der Waals surface area contributed by atoms with Crippen LogP contribution >= 0.6 is 0 Å². The van der Waals surface area contributed by atoms with E-state index in [1.165, 1.54) is 4.90 Å². The first kappa shape index (κ1) is 18.8. The zero-order valence-corrected chi connectivity index (χ0v) is 15.8. The van der Waals surface area contributed by atoms with Gasteiger partial charge >= 0.3 is 0 Å². The number of carbonyl (C=O) groups is 2. The topological polar surface area (TPSA) is 91.0 Å². The third-order valence-electron chi connectivity index (χ3n) is 4.96. The second kappa shape index (κ2) is 7.83. The number of aromatic amines is 1. The smallest absolute Gasteiger partial charge is 0.291 e. The summed E-state index contributed by atoms with van der Waals surface area (Å²) >= 11 is 0. The quantitative estimate of drug-likeness (QED) is 0.713. The molecule has 4 rings (SSSR count). The van der Waals surface area contributed by atoms with Gasteiger partial charge in [-0.25, -0.2) is 9.37 Å². The molecule has 1 aliphatic rings. The molecule has 1 aromatic heterocycles. The number of nitrogens with zero attached hydrogens (tertiary/aromatic N) is 3. The number of fused-ring (bicyclic) bond motifs is 1. The maximum Gasteiger partial charge on any atom is 0.291 e. The number of rotatable bonds is 4. The molecule has 2 amide bonds. The summed E-state index contributed by atoms with van der Waals surface area (Å²) in [5, 5.41) is 9.26. The normalized spacial score (nSPS) is 18.8. The number of amides is 2. The van der Waals surface area contributed by atoms with Crippen molar-refractivity contribution in [1.29, 1.82) is 0 Å². The molecule has 7 nitrogen and oxygen atoms in total. The van der Waals surface area contributed by atoms with Crippen LogP contribution in [0.2, 0.25) is 0 Å². The molecule has 1 aliphatic heterocycles. The summed E-state index contributed by atoms with van der Waals surface area (Å²) in [6.45, 7) is 0. The zero-order valence-electron chi connectivity index (χ0n) is 15.8. The number of alkyl halides is 1. The third kappa shape index (κ3) is 3.87. The first-order valence-corrected chi connectivity index (χ1v) is 9.29. The van der Waals surface area contributed by atoms with Gasteiger partial charge in [0.2, 0.25) is 11.7 Å². The monoisotopic (exact) mass is 393 g/mol. The van der Waals surface area contributed by atoms with E-state index in [9.17, 15) is 14.0 Å². The highest BCUT2D eigenvalue weighted by molar-refractivity contribution is 6.02. The van der Waals surface area contributed by atoms with E-state index in [1.54, 1.807) is 31.3 Å². The first-order chi connectivity index (χ1) is 14.0. The van der Waals surface area contributed by atoms with Crippen LogP contribution in [-0.4, -0.2) is 40.1 Å². The van der Waals surface area contributed by atoms with Crippen molar-refractivity contribution in [3.05, 3.63) is 77.4 Å². The summed E-state index contributed by atoms with van der Waals surface area (Å²) in [4.78, 5) is 30.9. The molecule has 0 saturated carbocycles. The molecule has 2 heterocycles. The number of halogens is 1. The molecule has 148 valence electrons. The number of carbonyl (C=O) groups excluding carboxylic acids is 2. The molecule has 1 unspecified atom stereocenters. The Morgan fingerprint density at radius 3 is 2.72 bits per heavy atom. The average Bonchev–Trinajstić information content (AvgIpc) is 3.18. The van der Waals surface area contributed by atoms with Gasteiger partial charge in [0.15, 0.2) is 0 Å². The van der Waals surface area contributed by atoms with Gasteiger partial charge in [0.25, 0.3) is 5.91 Å². The van der Waals surface area contributed by atoms with E-state index in [-0.39, 0.29) is 18.2 Å². The van der Waals surface area contributed by atoms with Crippen LogP contribution in [0.5, 0.6) is 0 Å². The van der Waals surface area contributed by atoms with Gasteiger partial charge in [-0.1, -0.05) is 48.5 Å². The van der Waals surface area contributed by atoms with Crippen molar-refractivity contribution in [2.24, 2.45) is 0 Å². The highest BCUT2D eigenvalue weighted by Crippen LogP contribution is 2.35. The van der Waals surface area contributed by atoms with Crippen molar-refractivity contribution < 1.29 is 14.0 Å². The SMILES string of the molecule is CN1C(=O)[C@@H](NC(=O)c2n[nH]c(Cc3ccccc3)n2)CC(F)c2ccccc21. The summed E-state index contributed by atoms with van der Waals surface area (Å²) in [6.07, 6.45) is -1.02. The first-order valence-electron chi connectivity index (χ1n) is 9.29. The second-order valence-corrected chi connectivity index (χ2v) is 6.95. The lowest BCUT2D eigenvalue weighted by molar-refractivity contribution is -0.120. The van der Waals surface area contributed by atoms with Crippen LogP contribution < -0.4 is 10.2 Å². The molecule has 0 spiro atoms. The fraction of sp³-hybridized carbons (Fsp3) is 0.238. The maximum absolute atomic E-state index is 14.8. The third-order valence-corrected chi connectivity index (χ3v) is 4.96. The largest absolute Gasteiger partial charge is 0.337 e. The van der Waals surface area contributed by atoms with Crippen LogP contribution in [0.1, 0.15) is 40.2 Å². The summed E-state index contributed by atoms with van der Waals surface area (Å²) < 4.78 is 14.8. The van der Waals surface area contributed by atoms with E-state index in [2.05, 4.69) is 20.5 Å². The van der Waals surface area contributed by atoms with Crippen LogP contribution in [0.3, 0.4) is 0 Å². The van der Waals surface area contributed by atoms with E-state index in [1.807, 2.05) is 30.3 Å². The molecular weight excluding hydrogens is 373 g/mol. The maximum atomic E-state index is 14.8. The standard InChI is InChI=1S/C21H20FN5O2/c1-27-17-10-6-5-9-14(17)15(22)12-16(21(27)29)23-20(28)19-24-18(25-26-19)11-13-7-3-2-4-8-13/h2-10,15-16H,11-12H2,1H3,(H,23,28)(H,24,25,26)/t15?,16-/m0/s1. The molecule has 0 bridgehead atoms. The molecule has 0 radical (unpaired) electrons. The van der Waals surface area contributed by atoms with Crippen molar-refractivity contribution in [3.8, 4) is 0 Å². The lowest BCUT2D eigenvalue weighted by Gasteiger charge is -2.21. The van der Waals surface area contributed by atoms with Crippen LogP contribution in [0.15, 0.2) is 54.6 Å². The molecule has 2 N–H and O–H groups in total. The van der Waals surface area contributed by atoms with E-state index in [0.717, 1.165) is 5.56 Å². The lowest BCUT2D eigenvalue weighted by atomic mass is 10.0. The van der Waals surface area contributed by atoms with Gasteiger partial charge in [-0.15, -0.1) is 5.10 Å². The summed E-state index contributed by atoms with van der Waals surface area (Å²) in [5.74, 6) is -0.554. The van der Waals surface area contributed by atoms with Gasteiger partial charge in [-0.05, 0) is 11.6 Å². The number of para-hydroxylation sites is 1. The molecule has 29 heavy (non-hydrogen) atoms. The summed E-state index contributed by atoms with van der Waals surface area (Å²) in [6, 6.07) is 15.4. The molecule has 3 aromatic rings. The molecule has 2 aromatic carbocycles. The van der Waals surface area contributed by atoms with Crippen molar-refractivity contribution in [1.82, 2.24) is 20.5 Å². The Hall–Kier alpha value is -3.55. The number of nitrogens with one attached hydrogen (secondary N) is 2. The van der Waals surface area contributed by atoms with Gasteiger partial charge in [-0.2, -0.15) is 0 Å². The van der Waals surface area contributed by atoms with Crippen LogP contribution in [0, 0.1) is 0 Å². The van der Waals surface area contributed by atoms with E-state index < -0.39 is 18.1 Å². The minimum Gasteiger partial charge on any atom is -0.337 e. The molecule has 8 heteroatoms. The van der Waals surface area contributed by atoms with Crippen molar-refractivity contribution in [2.75, 3.05) is 11.9 Å². The van der Waals surface area contributed by atoms with Crippen LogP contribution in [0.4, 0.5) is 10.1 Å². The van der Waals surface area contributed by atoms with Gasteiger partial charge in [0.1, 0.15) is 18.0 Å². The van der Waals surface area contributed by atoms with Crippen molar-refractivity contribution >= 4 is 17.5 Å². The predicted octanol–water partition coefficient (Wildman–Crippen LogP) is 2.57. The average molecular weight is 393 g/mol. The summed E-state index contributed by atoms with van der Waals surface area (Å²) in [5.41, 5.74) is 1.96. The fourth-order valence-electron chi connectivity index (χ4n) is 3.45. The van der Waals surface area contributed by atoms with E-state index in [4.69, 9.17) is 0 Å². The Morgan fingerprint density at radius 2 is 1.93 bits per heavy atom. The van der Waals surface area contributed by atoms with Crippen molar-refractivity contribution in [3.63, 3.8) is 0 Å². The van der Waals surface area contributed by atoms with Gasteiger partial charge < -0.3 is 10.2 Å². The Bertz CT molecular complexity index is 1040. The molecule has 0 aliphatic carbocycles. The second-order valence-electron chi connectivity index (χ2n) is 6.95. The van der Waals surface area contributed by atoms with Crippen LogP contribution in [-0.2, 0) is 11.2 Å². The number of anilines is 1.